The summed E-state index contributed by atoms with van der Waals surface area (Å²) in [5.41, 5.74) is 0.854. The molecule has 2 unspecified atom stereocenters. The lowest BCUT2D eigenvalue weighted by Gasteiger charge is -2.19. The highest BCUT2D eigenvalue weighted by Gasteiger charge is 2.35. The van der Waals surface area contributed by atoms with Crippen LogP contribution in [0, 0.1) is 5.82 Å². The number of benzene rings is 1. The molecule has 0 aromatic heterocycles. The fourth-order valence-corrected chi connectivity index (χ4v) is 2.66. The van der Waals surface area contributed by atoms with E-state index in [0.29, 0.717) is 10.8 Å². The molecule has 1 aliphatic heterocycles. The maximum absolute atomic E-state index is 13.5. The van der Waals surface area contributed by atoms with E-state index in [9.17, 15) is 4.39 Å². The van der Waals surface area contributed by atoms with Crippen molar-refractivity contribution in [2.24, 2.45) is 0 Å². The van der Waals surface area contributed by atoms with Gasteiger partial charge in [-0.3, -0.25) is 0 Å². The summed E-state index contributed by atoms with van der Waals surface area (Å²) in [6.07, 6.45) is 3.06. The molecule has 1 N–H and O–H groups in total. The van der Waals surface area contributed by atoms with E-state index in [1.54, 1.807) is 0 Å². The predicted molar refractivity (Wildman–Crippen MR) is 71.8 cm³/mol. The fraction of sp³-hybridized carbons (Fsp3) is 0.571. The van der Waals surface area contributed by atoms with Crippen LogP contribution >= 0.6 is 11.6 Å². The van der Waals surface area contributed by atoms with E-state index in [1.165, 1.54) is 12.1 Å². The lowest BCUT2D eigenvalue weighted by Crippen LogP contribution is -2.31. The Morgan fingerprint density at radius 2 is 2.11 bits per heavy atom. The first-order valence-corrected chi connectivity index (χ1v) is 6.94. The molecule has 0 radical (unpaired) electrons. The predicted octanol–water partition coefficient (Wildman–Crippen LogP) is 4.08. The van der Waals surface area contributed by atoms with Gasteiger partial charge in [0.05, 0.1) is 11.1 Å². The standard InChI is InChI=1S/C14H19ClFNO/c1-3-5-12-13(17-6-4-2)10-7-9(16)8-11(15)14(10)18-12/h7-8,12-13,17H,3-6H2,1-2H3. The topological polar surface area (TPSA) is 21.3 Å². The lowest BCUT2D eigenvalue weighted by molar-refractivity contribution is 0.178. The summed E-state index contributed by atoms with van der Waals surface area (Å²) in [6.45, 7) is 5.12. The number of halogens is 2. The molecule has 100 valence electrons. The Morgan fingerprint density at radius 3 is 2.78 bits per heavy atom. The van der Waals surface area contributed by atoms with E-state index in [0.717, 1.165) is 31.4 Å². The lowest BCUT2D eigenvalue weighted by atomic mass is 10.0. The van der Waals surface area contributed by atoms with E-state index in [4.69, 9.17) is 16.3 Å². The number of nitrogens with one attached hydrogen (secondary N) is 1. The van der Waals surface area contributed by atoms with Crippen LogP contribution in [0.2, 0.25) is 5.02 Å². The highest BCUT2D eigenvalue weighted by molar-refractivity contribution is 6.32. The smallest absolute Gasteiger partial charge is 0.143 e. The summed E-state index contributed by atoms with van der Waals surface area (Å²) in [4.78, 5) is 0. The van der Waals surface area contributed by atoms with Crippen molar-refractivity contribution in [2.75, 3.05) is 6.54 Å². The number of fused-ring (bicyclic) bond motifs is 1. The highest BCUT2D eigenvalue weighted by Crippen LogP contribution is 2.43. The Balaban J connectivity index is 2.29. The van der Waals surface area contributed by atoms with Crippen molar-refractivity contribution in [3.05, 3.63) is 28.5 Å². The van der Waals surface area contributed by atoms with Crippen LogP contribution in [0.5, 0.6) is 5.75 Å². The number of hydrogen-bond donors (Lipinski definition) is 1. The summed E-state index contributed by atoms with van der Waals surface area (Å²) in [6, 6.07) is 2.89. The molecule has 4 heteroatoms. The second-order valence-corrected chi connectivity index (χ2v) is 5.09. The third-order valence-corrected chi connectivity index (χ3v) is 3.48. The van der Waals surface area contributed by atoms with Gasteiger partial charge in [-0.05, 0) is 31.5 Å². The minimum Gasteiger partial charge on any atom is -0.487 e. The van der Waals surface area contributed by atoms with E-state index in [-0.39, 0.29) is 18.0 Å². The van der Waals surface area contributed by atoms with Crippen LogP contribution in [0.25, 0.3) is 0 Å². The molecule has 1 aliphatic rings. The Bertz CT molecular complexity index is 425. The zero-order valence-electron chi connectivity index (χ0n) is 10.8. The van der Waals surface area contributed by atoms with Gasteiger partial charge in [0.1, 0.15) is 17.7 Å². The van der Waals surface area contributed by atoms with E-state index < -0.39 is 0 Å². The van der Waals surface area contributed by atoms with Gasteiger partial charge in [0.15, 0.2) is 0 Å². The molecule has 1 heterocycles. The first-order chi connectivity index (χ1) is 8.67. The van der Waals surface area contributed by atoms with Crippen molar-refractivity contribution < 1.29 is 9.13 Å². The van der Waals surface area contributed by atoms with Crippen molar-refractivity contribution in [3.8, 4) is 5.75 Å². The van der Waals surface area contributed by atoms with Crippen LogP contribution in [-0.4, -0.2) is 12.6 Å². The molecule has 1 aromatic rings. The van der Waals surface area contributed by atoms with Crippen LogP contribution in [0.4, 0.5) is 4.39 Å². The molecule has 1 aromatic carbocycles. The Hall–Kier alpha value is -0.800. The molecule has 0 bridgehead atoms. The molecule has 18 heavy (non-hydrogen) atoms. The van der Waals surface area contributed by atoms with Gasteiger partial charge >= 0.3 is 0 Å². The molecular formula is C14H19ClFNO. The minimum absolute atomic E-state index is 0.0492. The molecule has 0 saturated carbocycles. The normalized spacial score (nSPS) is 21.8. The zero-order valence-corrected chi connectivity index (χ0v) is 11.6. The molecule has 0 aliphatic carbocycles. The van der Waals surface area contributed by atoms with Crippen molar-refractivity contribution in [1.29, 1.82) is 0 Å². The summed E-state index contributed by atoms with van der Waals surface area (Å²) in [5, 5.41) is 3.79. The Morgan fingerprint density at radius 1 is 1.33 bits per heavy atom. The molecule has 2 rings (SSSR count). The average Bonchev–Trinajstić information content (AvgIpc) is 2.65. The minimum atomic E-state index is -0.303. The largest absolute Gasteiger partial charge is 0.487 e. The van der Waals surface area contributed by atoms with Crippen LogP contribution < -0.4 is 10.1 Å². The van der Waals surface area contributed by atoms with Gasteiger partial charge in [-0.25, -0.2) is 4.39 Å². The van der Waals surface area contributed by atoms with Crippen molar-refractivity contribution in [1.82, 2.24) is 5.32 Å². The quantitative estimate of drug-likeness (QED) is 0.871. The summed E-state index contributed by atoms with van der Waals surface area (Å²) in [7, 11) is 0. The molecule has 0 saturated heterocycles. The Labute approximate surface area is 112 Å². The van der Waals surface area contributed by atoms with Crippen LogP contribution in [0.15, 0.2) is 12.1 Å². The van der Waals surface area contributed by atoms with Gasteiger partial charge in [-0.1, -0.05) is 31.9 Å². The van der Waals surface area contributed by atoms with Gasteiger partial charge < -0.3 is 10.1 Å². The zero-order chi connectivity index (χ0) is 13.1. The second kappa shape index (κ2) is 5.89. The van der Waals surface area contributed by atoms with Gasteiger partial charge in [-0.15, -0.1) is 0 Å². The first kappa shape index (κ1) is 13.6. The fourth-order valence-electron chi connectivity index (χ4n) is 2.41. The Kier molecular flexibility index (Phi) is 4.46. The second-order valence-electron chi connectivity index (χ2n) is 4.68. The summed E-state index contributed by atoms with van der Waals surface area (Å²) < 4.78 is 19.3. The first-order valence-electron chi connectivity index (χ1n) is 6.56. The van der Waals surface area contributed by atoms with Crippen molar-refractivity contribution in [3.63, 3.8) is 0 Å². The van der Waals surface area contributed by atoms with Gasteiger partial charge in [0.2, 0.25) is 0 Å². The molecule has 0 amide bonds. The SMILES string of the molecule is CCCNC1c2cc(F)cc(Cl)c2OC1CCC. The number of hydrogen-bond acceptors (Lipinski definition) is 2. The van der Waals surface area contributed by atoms with Gasteiger partial charge in [0, 0.05) is 5.56 Å². The molecular weight excluding hydrogens is 253 g/mol. The molecule has 0 fully saturated rings. The molecule has 2 nitrogen and oxygen atoms in total. The maximum atomic E-state index is 13.5. The van der Waals surface area contributed by atoms with Crippen LogP contribution in [0.1, 0.15) is 44.7 Å². The average molecular weight is 272 g/mol. The van der Waals surface area contributed by atoms with Gasteiger partial charge in [-0.2, -0.15) is 0 Å². The van der Waals surface area contributed by atoms with Crippen LogP contribution in [0.3, 0.4) is 0 Å². The number of rotatable bonds is 5. The third kappa shape index (κ3) is 2.62. The maximum Gasteiger partial charge on any atom is 0.143 e. The molecule has 2 atom stereocenters. The van der Waals surface area contributed by atoms with Crippen molar-refractivity contribution >= 4 is 11.6 Å². The van der Waals surface area contributed by atoms with Gasteiger partial charge in [0.25, 0.3) is 0 Å². The van der Waals surface area contributed by atoms with Crippen LogP contribution in [-0.2, 0) is 0 Å². The monoisotopic (exact) mass is 271 g/mol. The number of ether oxygens (including phenoxy) is 1. The highest BCUT2D eigenvalue weighted by atomic mass is 35.5. The summed E-state index contributed by atoms with van der Waals surface area (Å²) in [5.74, 6) is 0.341. The molecule has 0 spiro atoms. The van der Waals surface area contributed by atoms with E-state index >= 15 is 0 Å². The van der Waals surface area contributed by atoms with Crippen molar-refractivity contribution in [2.45, 2.75) is 45.3 Å². The third-order valence-electron chi connectivity index (χ3n) is 3.20. The van der Waals surface area contributed by atoms with E-state index in [2.05, 4.69) is 19.2 Å². The van der Waals surface area contributed by atoms with E-state index in [1.807, 2.05) is 0 Å². The summed E-state index contributed by atoms with van der Waals surface area (Å²) >= 11 is 6.05.